The molecule has 9 heteroatoms. The fraction of sp³-hybridized carbons (Fsp3) is 0.375. The van der Waals surface area contributed by atoms with Gasteiger partial charge in [-0.25, -0.2) is 4.98 Å². The van der Waals surface area contributed by atoms with Crippen molar-refractivity contribution in [2.24, 2.45) is 7.05 Å². The molecule has 0 radical (unpaired) electrons. The molecule has 0 aliphatic carbocycles. The van der Waals surface area contributed by atoms with Gasteiger partial charge in [-0.15, -0.1) is 0 Å². The van der Waals surface area contributed by atoms with Crippen LogP contribution in [0.5, 0.6) is 0 Å². The van der Waals surface area contributed by atoms with Crippen molar-refractivity contribution in [1.82, 2.24) is 19.1 Å². The van der Waals surface area contributed by atoms with Crippen molar-refractivity contribution < 1.29 is 9.39 Å². The molecule has 1 atom stereocenters. The minimum Gasteiger partial charge on any atom is -0.433 e. The van der Waals surface area contributed by atoms with E-state index in [0.29, 0.717) is 13.2 Å². The number of morpholine rings is 1. The number of aryl methyl sites for hydroxylation is 2. The van der Waals surface area contributed by atoms with Crippen molar-refractivity contribution in [3.05, 3.63) is 53.7 Å². The maximum Gasteiger partial charge on any atom is 0.332 e. The third-order valence-corrected chi connectivity index (χ3v) is 7.13. The summed E-state index contributed by atoms with van der Waals surface area (Å²) in [7, 11) is 3.74. The molecule has 170 valence electrons. The van der Waals surface area contributed by atoms with Crippen molar-refractivity contribution >= 4 is 39.9 Å². The second-order valence-electron chi connectivity index (χ2n) is 8.60. The van der Waals surface area contributed by atoms with Gasteiger partial charge in [0.05, 0.1) is 35.3 Å². The number of hydrogen-bond acceptors (Lipinski definition) is 7. The number of hydrogen-bond donors (Lipinski definition) is 0. The Bertz CT molecular complexity index is 1260. The van der Waals surface area contributed by atoms with Crippen molar-refractivity contribution in [3.63, 3.8) is 0 Å². The first-order chi connectivity index (χ1) is 16.0. The van der Waals surface area contributed by atoms with Crippen LogP contribution >= 0.6 is 11.5 Å². The molecule has 4 aromatic rings. The topological polar surface area (TPSA) is 65.3 Å². The Morgan fingerprint density at radius 3 is 2.76 bits per heavy atom. The van der Waals surface area contributed by atoms with E-state index in [1.165, 1.54) is 17.1 Å². The van der Waals surface area contributed by atoms with Crippen LogP contribution in [-0.4, -0.2) is 59.0 Å². The zero-order valence-corrected chi connectivity index (χ0v) is 20.3. The predicted molar refractivity (Wildman–Crippen MR) is 135 cm³/mol. The van der Waals surface area contributed by atoms with Crippen LogP contribution in [0.25, 0.3) is 21.6 Å². The SMILES string of the molecule is COB(Cc1ccccc1)c1cc(N2CCOCC2C)nc2c(-c3cc(C)nn3C)nsc12. The van der Waals surface area contributed by atoms with Crippen molar-refractivity contribution in [2.45, 2.75) is 26.2 Å². The van der Waals surface area contributed by atoms with Crippen LogP contribution < -0.4 is 10.4 Å². The molecule has 0 saturated carbocycles. The molecule has 0 bridgehead atoms. The number of ether oxygens (including phenoxy) is 1. The van der Waals surface area contributed by atoms with Gasteiger partial charge in [0.15, 0.2) is 0 Å². The first kappa shape index (κ1) is 22.1. The molecule has 4 heterocycles. The van der Waals surface area contributed by atoms with Gasteiger partial charge in [-0.05, 0) is 49.3 Å². The third-order valence-electron chi connectivity index (χ3n) is 6.24. The van der Waals surface area contributed by atoms with Crippen LogP contribution in [0.1, 0.15) is 18.2 Å². The molecule has 1 fully saturated rings. The Kier molecular flexibility index (Phi) is 6.18. The lowest BCUT2D eigenvalue weighted by Gasteiger charge is -2.34. The lowest BCUT2D eigenvalue weighted by molar-refractivity contribution is 0.0986. The molecular formula is C24H28BN5O2S. The van der Waals surface area contributed by atoms with E-state index in [9.17, 15) is 0 Å². The van der Waals surface area contributed by atoms with Gasteiger partial charge < -0.3 is 14.3 Å². The Hall–Kier alpha value is -2.75. The van der Waals surface area contributed by atoms with Crippen LogP contribution in [0.15, 0.2) is 42.5 Å². The summed E-state index contributed by atoms with van der Waals surface area (Å²) in [4.78, 5) is 7.47. The minimum absolute atomic E-state index is 0.102. The summed E-state index contributed by atoms with van der Waals surface area (Å²) >= 11 is 1.49. The summed E-state index contributed by atoms with van der Waals surface area (Å²) in [6, 6.07) is 15.0. The summed E-state index contributed by atoms with van der Waals surface area (Å²) in [5, 5.41) is 4.53. The average Bonchev–Trinajstić information content (AvgIpc) is 3.39. The van der Waals surface area contributed by atoms with Crippen LogP contribution in [0.3, 0.4) is 0 Å². The lowest BCUT2D eigenvalue weighted by atomic mass is 9.56. The van der Waals surface area contributed by atoms with Gasteiger partial charge in [-0.2, -0.15) is 9.47 Å². The molecule has 1 aliphatic heterocycles. The van der Waals surface area contributed by atoms with Gasteiger partial charge in [0.25, 0.3) is 0 Å². The van der Waals surface area contributed by atoms with Gasteiger partial charge in [0.2, 0.25) is 0 Å². The Morgan fingerprint density at radius 1 is 1.24 bits per heavy atom. The molecule has 33 heavy (non-hydrogen) atoms. The number of fused-ring (bicyclic) bond motifs is 1. The molecule has 5 rings (SSSR count). The predicted octanol–water partition coefficient (Wildman–Crippen LogP) is 3.25. The second-order valence-corrected chi connectivity index (χ2v) is 9.38. The van der Waals surface area contributed by atoms with E-state index in [4.69, 9.17) is 18.7 Å². The Balaban J connectivity index is 1.67. The van der Waals surface area contributed by atoms with E-state index < -0.39 is 0 Å². The fourth-order valence-electron chi connectivity index (χ4n) is 4.53. The van der Waals surface area contributed by atoms with E-state index in [2.05, 4.69) is 53.3 Å². The number of anilines is 1. The number of pyridine rings is 1. The molecule has 1 saturated heterocycles. The summed E-state index contributed by atoms with van der Waals surface area (Å²) in [6.45, 7) is 6.29. The van der Waals surface area contributed by atoms with Crippen LogP contribution in [0, 0.1) is 6.92 Å². The van der Waals surface area contributed by atoms with E-state index >= 15 is 0 Å². The van der Waals surface area contributed by atoms with Crippen molar-refractivity contribution in [2.75, 3.05) is 31.8 Å². The Labute approximate surface area is 198 Å². The summed E-state index contributed by atoms with van der Waals surface area (Å²) in [6.07, 6.45) is 0.784. The summed E-state index contributed by atoms with van der Waals surface area (Å²) < 4.78 is 19.5. The maximum atomic E-state index is 6.05. The zero-order valence-electron chi connectivity index (χ0n) is 19.5. The van der Waals surface area contributed by atoms with Crippen molar-refractivity contribution in [1.29, 1.82) is 0 Å². The monoisotopic (exact) mass is 461 g/mol. The van der Waals surface area contributed by atoms with E-state index in [1.807, 2.05) is 24.7 Å². The number of aromatic nitrogens is 4. The molecular weight excluding hydrogens is 433 g/mol. The molecule has 0 N–H and O–H groups in total. The number of rotatable bonds is 6. The van der Waals surface area contributed by atoms with Gasteiger partial charge in [-0.1, -0.05) is 35.9 Å². The highest BCUT2D eigenvalue weighted by Crippen LogP contribution is 2.32. The largest absolute Gasteiger partial charge is 0.433 e. The van der Waals surface area contributed by atoms with Crippen LogP contribution in [0.4, 0.5) is 5.82 Å². The molecule has 0 spiro atoms. The molecule has 7 nitrogen and oxygen atoms in total. The average molecular weight is 461 g/mol. The quantitative estimate of drug-likeness (QED) is 0.411. The second kappa shape index (κ2) is 9.25. The highest BCUT2D eigenvalue weighted by atomic mass is 32.1. The fourth-order valence-corrected chi connectivity index (χ4v) is 5.42. The third kappa shape index (κ3) is 4.28. The van der Waals surface area contributed by atoms with Gasteiger partial charge in [0.1, 0.15) is 17.0 Å². The highest BCUT2D eigenvalue weighted by Gasteiger charge is 2.28. The Morgan fingerprint density at radius 2 is 2.06 bits per heavy atom. The first-order valence-electron chi connectivity index (χ1n) is 11.3. The standard InChI is InChI=1S/C24H28BN5O2S/c1-16-12-20(29(3)27-16)22-23-24(33-28-22)19(25(31-4)14-18-8-6-5-7-9-18)13-21(26-23)30-10-11-32-15-17(30)2/h5-9,12-13,17H,10-11,14-15H2,1-4H3. The van der Waals surface area contributed by atoms with Crippen LogP contribution in [0.2, 0.25) is 0 Å². The van der Waals surface area contributed by atoms with E-state index in [-0.39, 0.29) is 13.0 Å². The van der Waals surface area contributed by atoms with Gasteiger partial charge in [-0.3, -0.25) is 4.68 Å². The van der Waals surface area contributed by atoms with Gasteiger partial charge in [0, 0.05) is 20.7 Å². The molecule has 1 aliphatic rings. The van der Waals surface area contributed by atoms with E-state index in [1.54, 1.807) is 7.11 Å². The molecule has 0 amide bonds. The molecule has 3 aromatic heterocycles. The van der Waals surface area contributed by atoms with Gasteiger partial charge >= 0.3 is 6.92 Å². The van der Waals surface area contributed by atoms with E-state index in [0.717, 1.165) is 51.4 Å². The van der Waals surface area contributed by atoms with Crippen molar-refractivity contribution in [3.8, 4) is 11.4 Å². The number of nitrogens with zero attached hydrogens (tertiary/aromatic N) is 5. The first-order valence-corrected chi connectivity index (χ1v) is 12.0. The van der Waals surface area contributed by atoms with Crippen LogP contribution in [-0.2, 0) is 22.8 Å². The normalized spacial score (nSPS) is 16.5. The smallest absolute Gasteiger partial charge is 0.332 e. The molecule has 1 unspecified atom stereocenters. The zero-order chi connectivity index (χ0) is 22.9. The minimum atomic E-state index is -0.102. The molecule has 1 aromatic carbocycles. The number of benzene rings is 1. The highest BCUT2D eigenvalue weighted by molar-refractivity contribution is 7.15. The summed E-state index contributed by atoms with van der Waals surface area (Å²) in [5.41, 5.74) is 6.08. The maximum absolute atomic E-state index is 6.05. The lowest BCUT2D eigenvalue weighted by Crippen LogP contribution is -2.45. The summed E-state index contributed by atoms with van der Waals surface area (Å²) in [5.74, 6) is 0.948.